The molecule has 0 radical (unpaired) electrons. The van der Waals surface area contributed by atoms with E-state index in [4.69, 9.17) is 0 Å². The fourth-order valence-corrected chi connectivity index (χ4v) is 2.18. The first-order chi connectivity index (χ1) is 12.6. The first kappa shape index (κ1) is 18.6. The van der Waals surface area contributed by atoms with E-state index < -0.39 is 35.3 Å². The van der Waals surface area contributed by atoms with Crippen LogP contribution >= 0.6 is 0 Å². The molecule has 0 saturated carbocycles. The molecule has 3 rings (SSSR count). The maximum Gasteiger partial charge on any atom is 0.471 e. The minimum absolute atomic E-state index is 0.0619. The maximum atomic E-state index is 12.7. The van der Waals surface area contributed by atoms with Crippen LogP contribution in [0.5, 0.6) is 0 Å². The number of rotatable bonds is 3. The van der Waals surface area contributed by atoms with Crippen LogP contribution in [-0.2, 0) is 18.9 Å². The summed E-state index contributed by atoms with van der Waals surface area (Å²) in [4.78, 5) is 19.0. The summed E-state index contributed by atoms with van der Waals surface area (Å²) in [5, 5.41) is 3.12. The Morgan fingerprint density at radius 2 is 1.70 bits per heavy atom. The van der Waals surface area contributed by atoms with Crippen molar-refractivity contribution in [3.63, 3.8) is 0 Å². The van der Waals surface area contributed by atoms with Gasteiger partial charge in [0.15, 0.2) is 0 Å². The average molecular weight is 390 g/mol. The smallest absolute Gasteiger partial charge is 0.329 e. The number of nitrogens with zero attached hydrogens (tertiary/aromatic N) is 4. The van der Waals surface area contributed by atoms with Crippen LogP contribution in [0.15, 0.2) is 45.8 Å². The minimum Gasteiger partial charge on any atom is -0.329 e. The molecule has 0 bridgehead atoms. The molecule has 0 unspecified atom stereocenters. The molecular weight excluding hydrogens is 382 g/mol. The zero-order valence-corrected chi connectivity index (χ0v) is 13.0. The van der Waals surface area contributed by atoms with Crippen LogP contribution in [0.25, 0.3) is 11.4 Å². The Labute approximate surface area is 146 Å². The van der Waals surface area contributed by atoms with Crippen molar-refractivity contribution in [2.24, 2.45) is 0 Å². The number of aromatic nitrogens is 4. The topological polar surface area (TPSA) is 73.8 Å². The van der Waals surface area contributed by atoms with Crippen molar-refractivity contribution in [1.29, 1.82) is 0 Å². The van der Waals surface area contributed by atoms with Crippen LogP contribution in [0.2, 0.25) is 0 Å². The fourth-order valence-electron chi connectivity index (χ4n) is 2.18. The Hall–Kier alpha value is -3.18. The largest absolute Gasteiger partial charge is 0.471 e. The number of pyridine rings is 2. The lowest BCUT2D eigenvalue weighted by atomic mass is 10.2. The van der Waals surface area contributed by atoms with Crippen molar-refractivity contribution in [2.75, 3.05) is 0 Å². The molecule has 0 spiro atoms. The van der Waals surface area contributed by atoms with E-state index in [2.05, 4.69) is 19.6 Å². The molecular formula is C15H8F6N4O2. The SMILES string of the molecule is O=c1c(-c2noc(C(F)(F)F)n2)cccn1Cc1cccc(C(F)(F)F)n1. The highest BCUT2D eigenvalue weighted by atomic mass is 19.4. The highest BCUT2D eigenvalue weighted by Crippen LogP contribution is 2.29. The van der Waals surface area contributed by atoms with E-state index in [0.717, 1.165) is 16.7 Å². The van der Waals surface area contributed by atoms with Gasteiger partial charge in [-0.25, -0.2) is 4.98 Å². The van der Waals surface area contributed by atoms with E-state index >= 15 is 0 Å². The van der Waals surface area contributed by atoms with Crippen LogP contribution in [0.4, 0.5) is 26.3 Å². The third-order valence-electron chi connectivity index (χ3n) is 3.36. The minimum atomic E-state index is -4.87. The molecule has 0 N–H and O–H groups in total. The predicted molar refractivity (Wildman–Crippen MR) is 77.3 cm³/mol. The van der Waals surface area contributed by atoms with E-state index in [9.17, 15) is 31.1 Å². The summed E-state index contributed by atoms with van der Waals surface area (Å²) >= 11 is 0. The first-order valence-electron chi connectivity index (χ1n) is 7.19. The molecule has 3 aromatic heterocycles. The van der Waals surface area contributed by atoms with Gasteiger partial charge in [-0.3, -0.25) is 4.79 Å². The maximum absolute atomic E-state index is 12.7. The second kappa shape index (κ2) is 6.52. The van der Waals surface area contributed by atoms with Gasteiger partial charge in [-0.1, -0.05) is 11.2 Å². The Morgan fingerprint density at radius 3 is 2.33 bits per heavy atom. The van der Waals surface area contributed by atoms with Gasteiger partial charge >= 0.3 is 18.2 Å². The van der Waals surface area contributed by atoms with Crippen LogP contribution < -0.4 is 5.56 Å². The number of halogens is 6. The second-order valence-electron chi connectivity index (χ2n) is 5.29. The monoisotopic (exact) mass is 390 g/mol. The molecule has 3 aromatic rings. The van der Waals surface area contributed by atoms with Crippen molar-refractivity contribution in [2.45, 2.75) is 18.9 Å². The van der Waals surface area contributed by atoms with E-state index in [1.165, 1.54) is 24.4 Å². The first-order valence-corrected chi connectivity index (χ1v) is 7.19. The lowest BCUT2D eigenvalue weighted by molar-refractivity contribution is -0.159. The third-order valence-corrected chi connectivity index (χ3v) is 3.36. The van der Waals surface area contributed by atoms with Crippen molar-refractivity contribution in [3.05, 3.63) is 64.2 Å². The lowest BCUT2D eigenvalue weighted by Gasteiger charge is -2.09. The van der Waals surface area contributed by atoms with Gasteiger partial charge in [0.1, 0.15) is 5.69 Å². The molecule has 12 heteroatoms. The molecule has 0 aliphatic rings. The number of alkyl halides is 6. The van der Waals surface area contributed by atoms with Gasteiger partial charge in [0.2, 0.25) is 5.82 Å². The summed E-state index contributed by atoms with van der Waals surface area (Å²) < 4.78 is 80.8. The summed E-state index contributed by atoms with van der Waals surface area (Å²) in [5.41, 5.74) is -2.31. The van der Waals surface area contributed by atoms with E-state index in [1.807, 2.05) is 0 Å². The molecule has 0 atom stereocenters. The number of hydrogen-bond donors (Lipinski definition) is 0. The number of hydrogen-bond acceptors (Lipinski definition) is 5. The molecule has 0 amide bonds. The Morgan fingerprint density at radius 1 is 0.963 bits per heavy atom. The van der Waals surface area contributed by atoms with Crippen molar-refractivity contribution in [3.8, 4) is 11.4 Å². The molecule has 3 heterocycles. The summed E-state index contributed by atoms with van der Waals surface area (Å²) in [5.74, 6) is -2.20. The standard InChI is InChI=1S/C15H8F6N4O2/c16-14(17,18)10-5-1-3-8(22-10)7-25-6-2-4-9(12(25)26)11-23-13(27-24-11)15(19,20)21/h1-6H,7H2. The van der Waals surface area contributed by atoms with Crippen molar-refractivity contribution in [1.82, 2.24) is 19.7 Å². The van der Waals surface area contributed by atoms with Crippen LogP contribution in [0.3, 0.4) is 0 Å². The highest BCUT2D eigenvalue weighted by molar-refractivity contribution is 5.52. The van der Waals surface area contributed by atoms with E-state index in [-0.39, 0.29) is 17.8 Å². The van der Waals surface area contributed by atoms with E-state index in [0.29, 0.717) is 0 Å². The van der Waals surface area contributed by atoms with Crippen LogP contribution in [-0.4, -0.2) is 19.7 Å². The van der Waals surface area contributed by atoms with Gasteiger partial charge in [-0.2, -0.15) is 31.3 Å². The van der Waals surface area contributed by atoms with Crippen LogP contribution in [0, 0.1) is 0 Å². The summed E-state index contributed by atoms with van der Waals surface area (Å²) in [6.45, 7) is -0.333. The van der Waals surface area contributed by atoms with Crippen molar-refractivity contribution < 1.29 is 30.9 Å². The molecule has 0 fully saturated rings. The normalized spacial score (nSPS) is 12.4. The molecule has 27 heavy (non-hydrogen) atoms. The average Bonchev–Trinajstić information content (AvgIpc) is 3.06. The fraction of sp³-hybridized carbons (Fsp3) is 0.200. The predicted octanol–water partition coefficient (Wildman–Crippen LogP) is 3.38. The summed E-state index contributed by atoms with van der Waals surface area (Å²) in [6.07, 6.45) is -8.28. The second-order valence-corrected chi connectivity index (χ2v) is 5.29. The molecule has 6 nitrogen and oxygen atoms in total. The molecule has 0 aliphatic carbocycles. The Bertz CT molecular complexity index is 1020. The zero-order valence-electron chi connectivity index (χ0n) is 13.0. The van der Waals surface area contributed by atoms with Gasteiger partial charge in [0.05, 0.1) is 17.8 Å². The molecule has 0 aromatic carbocycles. The Balaban J connectivity index is 1.95. The summed E-state index contributed by atoms with van der Waals surface area (Å²) in [7, 11) is 0. The summed E-state index contributed by atoms with van der Waals surface area (Å²) in [6, 6.07) is 5.68. The van der Waals surface area contributed by atoms with E-state index in [1.54, 1.807) is 0 Å². The quantitative estimate of drug-likeness (QED) is 0.641. The highest BCUT2D eigenvalue weighted by Gasteiger charge is 2.38. The van der Waals surface area contributed by atoms with Gasteiger partial charge in [-0.15, -0.1) is 0 Å². The zero-order chi connectivity index (χ0) is 19.8. The molecule has 142 valence electrons. The Kier molecular flexibility index (Phi) is 4.49. The molecule has 0 aliphatic heterocycles. The lowest BCUT2D eigenvalue weighted by Crippen LogP contribution is -2.22. The third kappa shape index (κ3) is 3.99. The van der Waals surface area contributed by atoms with Crippen molar-refractivity contribution >= 4 is 0 Å². The molecule has 0 saturated heterocycles. The van der Waals surface area contributed by atoms with Gasteiger partial charge in [0.25, 0.3) is 5.56 Å². The van der Waals surface area contributed by atoms with Gasteiger partial charge in [0, 0.05) is 6.20 Å². The van der Waals surface area contributed by atoms with Gasteiger partial charge < -0.3 is 9.09 Å². The van der Waals surface area contributed by atoms with Gasteiger partial charge in [-0.05, 0) is 24.3 Å². The van der Waals surface area contributed by atoms with Crippen LogP contribution in [0.1, 0.15) is 17.3 Å².